The van der Waals surface area contributed by atoms with E-state index in [-0.39, 0.29) is 68.2 Å². The van der Waals surface area contributed by atoms with E-state index in [1.807, 2.05) is 0 Å². The number of carbonyl (C=O) groups excluding carboxylic acids is 1. The van der Waals surface area contributed by atoms with E-state index in [4.69, 9.17) is 0 Å². The molecule has 1 aromatic carbocycles. The number of alkyl halides is 2. The first-order valence-electron chi connectivity index (χ1n) is 8.18. The Morgan fingerprint density at radius 2 is 2.08 bits per heavy atom. The molecule has 2 N–H and O–H groups in total. The zero-order valence-corrected chi connectivity index (χ0v) is 18.0. The SMILES string of the molecule is Cn1nc(C(=O)NCC2(Cc3ccccc3C(F)F)CCC2)[nH]c1=O.[K]. The van der Waals surface area contributed by atoms with Gasteiger partial charge in [-0.25, -0.2) is 18.3 Å². The van der Waals surface area contributed by atoms with Crippen LogP contribution in [0.1, 0.15) is 47.4 Å². The van der Waals surface area contributed by atoms with Gasteiger partial charge in [0.1, 0.15) is 0 Å². The van der Waals surface area contributed by atoms with Gasteiger partial charge in [0.15, 0.2) is 0 Å². The summed E-state index contributed by atoms with van der Waals surface area (Å²) in [5.74, 6) is -0.513. The maximum absolute atomic E-state index is 13.2. The molecule has 0 atom stereocenters. The number of amides is 1. The number of aromatic amines is 1. The summed E-state index contributed by atoms with van der Waals surface area (Å²) in [4.78, 5) is 25.9. The molecule has 1 amide bonds. The van der Waals surface area contributed by atoms with Gasteiger partial charge in [0.05, 0.1) is 0 Å². The number of halogens is 2. The Hall–Kier alpha value is -0.874. The number of nitrogens with zero attached hydrogens (tertiary/aromatic N) is 2. The minimum absolute atomic E-state index is 0. The Bertz CT molecular complexity index is 830. The second-order valence-electron chi connectivity index (χ2n) is 6.61. The van der Waals surface area contributed by atoms with Crippen molar-refractivity contribution in [3.8, 4) is 0 Å². The number of H-pyrrole nitrogens is 1. The zero-order valence-electron chi connectivity index (χ0n) is 14.9. The molecule has 3 rings (SSSR count). The number of hydrogen-bond acceptors (Lipinski definition) is 3. The molecule has 9 heteroatoms. The van der Waals surface area contributed by atoms with Crippen LogP contribution < -0.4 is 11.0 Å². The summed E-state index contributed by atoms with van der Waals surface area (Å²) < 4.78 is 27.4. The third-order valence-electron chi connectivity index (χ3n) is 4.88. The third kappa shape index (κ3) is 4.69. The maximum Gasteiger partial charge on any atom is 0.343 e. The van der Waals surface area contributed by atoms with Gasteiger partial charge in [0.25, 0.3) is 12.3 Å². The fourth-order valence-electron chi connectivity index (χ4n) is 3.26. The molecule has 0 spiro atoms. The zero-order chi connectivity index (χ0) is 18.0. The molecule has 0 saturated heterocycles. The molecule has 26 heavy (non-hydrogen) atoms. The fourth-order valence-corrected chi connectivity index (χ4v) is 3.26. The third-order valence-corrected chi connectivity index (χ3v) is 4.88. The minimum atomic E-state index is -2.51. The standard InChI is InChI=1S/C17H20F2N4O2.K/c1-23-16(25)21-14(22-23)15(24)20-10-17(7-4-8-17)9-11-5-2-3-6-12(11)13(18)19;/h2-3,5-6,13H,4,7-10H2,1H3,(H,20,24)(H,21,22,25);. The summed E-state index contributed by atoms with van der Waals surface area (Å²) in [5, 5.41) is 6.59. The van der Waals surface area contributed by atoms with Gasteiger partial charge in [-0.15, -0.1) is 5.10 Å². The number of benzene rings is 1. The number of nitrogens with one attached hydrogen (secondary N) is 2. The van der Waals surface area contributed by atoms with E-state index in [0.29, 0.717) is 18.5 Å². The van der Waals surface area contributed by atoms with Gasteiger partial charge in [-0.3, -0.25) is 9.78 Å². The first-order chi connectivity index (χ1) is 11.9. The van der Waals surface area contributed by atoms with E-state index in [2.05, 4.69) is 15.4 Å². The number of carbonyl (C=O) groups is 1. The van der Waals surface area contributed by atoms with Crippen molar-refractivity contribution < 1.29 is 13.6 Å². The molecule has 135 valence electrons. The molecule has 1 fully saturated rings. The van der Waals surface area contributed by atoms with E-state index in [1.54, 1.807) is 18.2 Å². The molecule has 1 radical (unpaired) electrons. The predicted molar refractivity (Wildman–Crippen MR) is 93.3 cm³/mol. The van der Waals surface area contributed by atoms with Crippen LogP contribution >= 0.6 is 0 Å². The Labute approximate surface area is 192 Å². The average Bonchev–Trinajstić information content (AvgIpc) is 2.89. The second kappa shape index (κ2) is 8.88. The molecular formula is C17H20F2KN4O2. The quantitative estimate of drug-likeness (QED) is 0.740. The van der Waals surface area contributed by atoms with Crippen molar-refractivity contribution in [3.63, 3.8) is 0 Å². The minimum Gasteiger partial charge on any atom is -0.349 e. The molecule has 0 unspecified atom stereocenters. The Morgan fingerprint density at radius 1 is 1.38 bits per heavy atom. The largest absolute Gasteiger partial charge is 0.349 e. The Balaban J connectivity index is 0.00000243. The van der Waals surface area contributed by atoms with E-state index in [1.165, 1.54) is 13.1 Å². The van der Waals surface area contributed by atoms with Gasteiger partial charge in [-0.2, -0.15) is 0 Å². The van der Waals surface area contributed by atoms with E-state index < -0.39 is 18.0 Å². The van der Waals surface area contributed by atoms with Crippen LogP contribution in [0.2, 0.25) is 0 Å². The van der Waals surface area contributed by atoms with Crippen LogP contribution in [0.25, 0.3) is 0 Å². The van der Waals surface area contributed by atoms with Crippen molar-refractivity contribution in [2.75, 3.05) is 6.54 Å². The Morgan fingerprint density at radius 3 is 2.62 bits per heavy atom. The van der Waals surface area contributed by atoms with Crippen molar-refractivity contribution in [2.24, 2.45) is 12.5 Å². The summed E-state index contributed by atoms with van der Waals surface area (Å²) in [6.45, 7) is 0.363. The molecule has 1 aromatic heterocycles. The van der Waals surface area contributed by atoms with Gasteiger partial charge >= 0.3 is 5.69 Å². The molecule has 1 saturated carbocycles. The van der Waals surface area contributed by atoms with E-state index in [9.17, 15) is 18.4 Å². The summed E-state index contributed by atoms with van der Waals surface area (Å²) in [6.07, 6.45) is 0.717. The van der Waals surface area contributed by atoms with Gasteiger partial charge in [-0.05, 0) is 30.2 Å². The van der Waals surface area contributed by atoms with Crippen molar-refractivity contribution >= 4 is 57.3 Å². The molecule has 0 bridgehead atoms. The molecule has 1 heterocycles. The molecular weight excluding hydrogens is 369 g/mol. The summed E-state index contributed by atoms with van der Waals surface area (Å²) in [5.41, 5.74) is -0.0170. The first kappa shape index (κ1) is 21.4. The van der Waals surface area contributed by atoms with Gasteiger partial charge in [0, 0.05) is 70.5 Å². The topological polar surface area (TPSA) is 79.8 Å². The van der Waals surface area contributed by atoms with Crippen LogP contribution in [0.15, 0.2) is 29.1 Å². The normalized spacial score (nSPS) is 15.2. The van der Waals surface area contributed by atoms with Crippen LogP contribution in [0.3, 0.4) is 0 Å². The predicted octanol–water partition coefficient (Wildman–Crippen LogP) is 1.81. The molecule has 6 nitrogen and oxygen atoms in total. The van der Waals surface area contributed by atoms with E-state index >= 15 is 0 Å². The van der Waals surface area contributed by atoms with Crippen LogP contribution in [0.4, 0.5) is 8.78 Å². The van der Waals surface area contributed by atoms with E-state index in [0.717, 1.165) is 23.9 Å². The monoisotopic (exact) mass is 389 g/mol. The molecule has 1 aliphatic carbocycles. The van der Waals surface area contributed by atoms with Crippen molar-refractivity contribution in [3.05, 3.63) is 51.7 Å². The fraction of sp³-hybridized carbons (Fsp3) is 0.471. The maximum atomic E-state index is 13.2. The number of hydrogen-bond donors (Lipinski definition) is 2. The van der Waals surface area contributed by atoms with Crippen molar-refractivity contribution in [2.45, 2.75) is 32.1 Å². The molecule has 0 aliphatic heterocycles. The summed E-state index contributed by atoms with van der Waals surface area (Å²) in [7, 11) is 1.45. The second-order valence-corrected chi connectivity index (χ2v) is 6.61. The molecule has 2 aromatic rings. The first-order valence-corrected chi connectivity index (χ1v) is 8.18. The van der Waals surface area contributed by atoms with Crippen LogP contribution in [-0.4, -0.2) is 78.6 Å². The van der Waals surface area contributed by atoms with Gasteiger partial charge < -0.3 is 5.32 Å². The number of rotatable bonds is 6. The van der Waals surface area contributed by atoms with Crippen molar-refractivity contribution in [1.29, 1.82) is 0 Å². The molecule has 1 aliphatic rings. The van der Waals surface area contributed by atoms with Gasteiger partial charge in [0.2, 0.25) is 5.82 Å². The van der Waals surface area contributed by atoms with Crippen molar-refractivity contribution in [1.82, 2.24) is 20.1 Å². The summed E-state index contributed by atoms with van der Waals surface area (Å²) >= 11 is 0. The smallest absolute Gasteiger partial charge is 0.343 e. The Kier molecular flexibility index (Phi) is 7.32. The van der Waals surface area contributed by atoms with Gasteiger partial charge in [-0.1, -0.05) is 30.7 Å². The van der Waals surface area contributed by atoms with Crippen LogP contribution in [0.5, 0.6) is 0 Å². The average molecular weight is 389 g/mol. The number of aryl methyl sites for hydroxylation is 1. The van der Waals surface area contributed by atoms with Crippen LogP contribution in [0, 0.1) is 5.41 Å². The summed E-state index contributed by atoms with van der Waals surface area (Å²) in [6, 6.07) is 6.53. The number of aromatic nitrogens is 3. The van der Waals surface area contributed by atoms with Crippen LogP contribution in [-0.2, 0) is 13.5 Å².